The number of alkyl halides is 2. The fraction of sp³-hybridized carbons (Fsp3) is 0.571. The van der Waals surface area contributed by atoms with Crippen molar-refractivity contribution < 1.29 is 18.3 Å². The number of nitrogens with one attached hydrogen (secondary N) is 1. The summed E-state index contributed by atoms with van der Waals surface area (Å²) in [6.45, 7) is 2.92. The van der Waals surface area contributed by atoms with Gasteiger partial charge in [-0.3, -0.25) is 10.00 Å². The zero-order valence-corrected chi connectivity index (χ0v) is 17.0. The molecule has 1 atom stereocenters. The summed E-state index contributed by atoms with van der Waals surface area (Å²) in [5.74, 6) is -1.28. The Morgan fingerprint density at radius 1 is 1.21 bits per heavy atom. The van der Waals surface area contributed by atoms with Crippen molar-refractivity contribution in [3.05, 3.63) is 30.0 Å². The molecule has 0 bridgehead atoms. The Balaban J connectivity index is 1.58. The topological polar surface area (TPSA) is 53.6 Å². The maximum atomic E-state index is 14.3. The van der Waals surface area contributed by atoms with Crippen LogP contribution in [0.25, 0.3) is 11.3 Å². The van der Waals surface area contributed by atoms with Crippen LogP contribution >= 0.6 is 0 Å². The predicted octanol–water partition coefficient (Wildman–Crippen LogP) is 3.40. The molecule has 2 fully saturated rings. The Labute approximate surface area is 169 Å². The Hall–Kier alpha value is -2.19. The minimum Gasteiger partial charge on any atom is -0.497 e. The van der Waals surface area contributed by atoms with Crippen molar-refractivity contribution in [2.45, 2.75) is 37.8 Å². The second-order valence-corrected chi connectivity index (χ2v) is 7.96. The molecule has 1 unspecified atom stereocenters. The number of nitrogens with zero attached hydrogens (tertiary/aromatic N) is 3. The van der Waals surface area contributed by atoms with Crippen LogP contribution in [0.4, 0.5) is 8.78 Å². The van der Waals surface area contributed by atoms with E-state index in [0.29, 0.717) is 24.6 Å². The maximum absolute atomic E-state index is 14.3. The van der Waals surface area contributed by atoms with Crippen LogP contribution in [0.1, 0.15) is 24.8 Å². The van der Waals surface area contributed by atoms with Gasteiger partial charge in [0.15, 0.2) is 0 Å². The fourth-order valence-corrected chi connectivity index (χ4v) is 4.49. The largest absolute Gasteiger partial charge is 0.497 e. The molecule has 0 aliphatic carbocycles. The molecular formula is C21H28F2N4O2. The van der Waals surface area contributed by atoms with Crippen molar-refractivity contribution in [1.82, 2.24) is 20.0 Å². The van der Waals surface area contributed by atoms with Gasteiger partial charge in [-0.25, -0.2) is 8.78 Å². The SMILES string of the molecule is COc1ccc(OC)c(-c2[nH]ncc2CN2CC(F)(F)CC2CN2CCCC2)c1. The number of hydrogen-bond acceptors (Lipinski definition) is 5. The molecule has 3 heterocycles. The van der Waals surface area contributed by atoms with Crippen molar-refractivity contribution >= 4 is 0 Å². The van der Waals surface area contributed by atoms with E-state index in [4.69, 9.17) is 9.47 Å². The fourth-order valence-electron chi connectivity index (χ4n) is 4.49. The second kappa shape index (κ2) is 8.28. The molecule has 1 N–H and O–H groups in total. The number of aromatic nitrogens is 2. The van der Waals surface area contributed by atoms with Gasteiger partial charge in [0.05, 0.1) is 32.7 Å². The number of halogens is 2. The smallest absolute Gasteiger partial charge is 0.262 e. The van der Waals surface area contributed by atoms with Crippen LogP contribution in [-0.4, -0.2) is 72.4 Å². The lowest BCUT2D eigenvalue weighted by atomic mass is 10.1. The quantitative estimate of drug-likeness (QED) is 0.764. The first kappa shape index (κ1) is 20.1. The van der Waals surface area contributed by atoms with Gasteiger partial charge < -0.3 is 14.4 Å². The average Bonchev–Trinajstić information content (AvgIpc) is 3.43. The van der Waals surface area contributed by atoms with Crippen LogP contribution in [0, 0.1) is 0 Å². The number of benzene rings is 1. The van der Waals surface area contributed by atoms with Crippen molar-refractivity contribution in [1.29, 1.82) is 0 Å². The molecule has 0 amide bonds. The number of likely N-dealkylation sites (tertiary alicyclic amines) is 2. The van der Waals surface area contributed by atoms with E-state index >= 15 is 0 Å². The average molecular weight is 406 g/mol. The first-order valence-corrected chi connectivity index (χ1v) is 10.1. The highest BCUT2D eigenvalue weighted by molar-refractivity contribution is 5.71. The van der Waals surface area contributed by atoms with Gasteiger partial charge in [-0.15, -0.1) is 0 Å². The highest BCUT2D eigenvalue weighted by atomic mass is 19.3. The zero-order chi connectivity index (χ0) is 20.4. The minimum absolute atomic E-state index is 0.0842. The summed E-state index contributed by atoms with van der Waals surface area (Å²) >= 11 is 0. The standard InChI is InChI=1S/C21H28F2N4O2/c1-28-17-5-6-19(29-2)18(9-17)20-15(11-24-25-20)12-27-14-21(22,23)10-16(27)13-26-7-3-4-8-26/h5-6,9,11,16H,3-4,7-8,10,12-14H2,1-2H3,(H,24,25). The summed E-state index contributed by atoms with van der Waals surface area (Å²) in [6.07, 6.45) is 3.95. The molecule has 2 saturated heterocycles. The van der Waals surface area contributed by atoms with Crippen molar-refractivity contribution in [3.8, 4) is 22.8 Å². The highest BCUT2D eigenvalue weighted by Gasteiger charge is 2.45. The molecule has 8 heteroatoms. The molecule has 6 nitrogen and oxygen atoms in total. The lowest BCUT2D eigenvalue weighted by Gasteiger charge is -2.27. The molecule has 1 aromatic carbocycles. The van der Waals surface area contributed by atoms with Gasteiger partial charge in [0, 0.05) is 36.7 Å². The van der Waals surface area contributed by atoms with E-state index in [1.807, 2.05) is 23.1 Å². The summed E-state index contributed by atoms with van der Waals surface area (Å²) in [6, 6.07) is 5.37. The van der Waals surface area contributed by atoms with Crippen LogP contribution in [0.15, 0.2) is 24.4 Å². The summed E-state index contributed by atoms with van der Waals surface area (Å²) in [7, 11) is 3.21. The van der Waals surface area contributed by atoms with Gasteiger partial charge in [-0.2, -0.15) is 5.10 Å². The maximum Gasteiger partial charge on any atom is 0.262 e. The van der Waals surface area contributed by atoms with Gasteiger partial charge in [0.2, 0.25) is 0 Å². The molecule has 0 saturated carbocycles. The highest BCUT2D eigenvalue weighted by Crippen LogP contribution is 2.37. The Morgan fingerprint density at radius 3 is 2.72 bits per heavy atom. The number of rotatable bonds is 7. The lowest BCUT2D eigenvalue weighted by Crippen LogP contribution is -2.39. The summed E-state index contributed by atoms with van der Waals surface area (Å²) < 4.78 is 39.4. The van der Waals surface area contributed by atoms with Crippen molar-refractivity contribution in [3.63, 3.8) is 0 Å². The van der Waals surface area contributed by atoms with E-state index in [9.17, 15) is 8.78 Å². The predicted molar refractivity (Wildman–Crippen MR) is 107 cm³/mol. The van der Waals surface area contributed by atoms with Gasteiger partial charge >= 0.3 is 0 Å². The number of aromatic amines is 1. The Bertz CT molecular complexity index is 836. The molecule has 1 aromatic heterocycles. The van der Waals surface area contributed by atoms with Gasteiger partial charge in [0.25, 0.3) is 5.92 Å². The zero-order valence-electron chi connectivity index (χ0n) is 17.0. The van der Waals surface area contributed by atoms with Gasteiger partial charge in [-0.05, 0) is 44.1 Å². The first-order valence-electron chi connectivity index (χ1n) is 10.1. The number of ether oxygens (including phenoxy) is 2. The third kappa shape index (κ3) is 4.38. The molecule has 0 radical (unpaired) electrons. The van der Waals surface area contributed by atoms with E-state index in [2.05, 4.69) is 15.1 Å². The van der Waals surface area contributed by atoms with Gasteiger partial charge in [-0.1, -0.05) is 0 Å². The monoisotopic (exact) mass is 406 g/mol. The second-order valence-electron chi connectivity index (χ2n) is 7.96. The number of hydrogen-bond donors (Lipinski definition) is 1. The molecule has 2 aliphatic heterocycles. The molecular weight excluding hydrogens is 378 g/mol. The van der Waals surface area contributed by atoms with Crippen LogP contribution in [0.5, 0.6) is 11.5 Å². The van der Waals surface area contributed by atoms with Crippen LogP contribution in [0.3, 0.4) is 0 Å². The minimum atomic E-state index is -2.65. The molecule has 158 valence electrons. The summed E-state index contributed by atoms with van der Waals surface area (Å²) in [5.41, 5.74) is 2.46. The molecule has 29 heavy (non-hydrogen) atoms. The van der Waals surface area contributed by atoms with E-state index in [0.717, 1.165) is 42.8 Å². The first-order chi connectivity index (χ1) is 14.0. The van der Waals surface area contributed by atoms with Crippen LogP contribution < -0.4 is 9.47 Å². The summed E-state index contributed by atoms with van der Waals surface area (Å²) in [5, 5.41) is 7.21. The molecule has 2 aromatic rings. The van der Waals surface area contributed by atoms with E-state index < -0.39 is 5.92 Å². The molecule has 0 spiro atoms. The number of H-pyrrole nitrogens is 1. The normalized spacial score (nSPS) is 22.3. The summed E-state index contributed by atoms with van der Waals surface area (Å²) in [4.78, 5) is 4.21. The van der Waals surface area contributed by atoms with Crippen LogP contribution in [0.2, 0.25) is 0 Å². The van der Waals surface area contributed by atoms with Crippen LogP contribution in [-0.2, 0) is 6.54 Å². The van der Waals surface area contributed by atoms with Crippen molar-refractivity contribution in [2.24, 2.45) is 0 Å². The lowest BCUT2D eigenvalue weighted by molar-refractivity contribution is 0.0113. The molecule has 2 aliphatic rings. The third-order valence-corrected chi connectivity index (χ3v) is 5.92. The number of methoxy groups -OCH3 is 2. The Kier molecular flexibility index (Phi) is 5.74. The van der Waals surface area contributed by atoms with Crippen molar-refractivity contribution in [2.75, 3.05) is 40.4 Å². The Morgan fingerprint density at radius 2 is 2.00 bits per heavy atom. The van der Waals surface area contributed by atoms with E-state index in [1.165, 1.54) is 0 Å². The van der Waals surface area contributed by atoms with E-state index in [-0.39, 0.29) is 19.0 Å². The molecule has 4 rings (SSSR count). The third-order valence-electron chi connectivity index (χ3n) is 5.92. The van der Waals surface area contributed by atoms with Gasteiger partial charge in [0.1, 0.15) is 11.5 Å². The van der Waals surface area contributed by atoms with E-state index in [1.54, 1.807) is 20.4 Å².